The lowest BCUT2D eigenvalue weighted by atomic mass is 9.97. The summed E-state index contributed by atoms with van der Waals surface area (Å²) in [5, 5.41) is 13.0. The quantitative estimate of drug-likeness (QED) is 0.281. The molecule has 1 saturated heterocycles. The molecule has 0 saturated carbocycles. The van der Waals surface area contributed by atoms with Crippen LogP contribution in [0.2, 0.25) is 0 Å². The first-order valence-corrected chi connectivity index (χ1v) is 9.76. The standard InChI is InChI=1S/C16H25F2N4O6P/c1-8(2)27-13(24)9(3)21-29-26-6-10-12(23)16(18,7-17)14(28-10)22-5-4-11(19)20-15(22)25/h4-5,8-10,12,14,21,23,29H,6-7H2,1-3H3,(H2,19,20,25). The van der Waals surface area contributed by atoms with Gasteiger partial charge in [0.25, 0.3) is 0 Å². The maximum Gasteiger partial charge on any atom is 0.351 e. The first kappa shape index (κ1) is 23.6. The summed E-state index contributed by atoms with van der Waals surface area (Å²) >= 11 is 0. The Morgan fingerprint density at radius 2 is 2.24 bits per heavy atom. The number of nitrogens with two attached hydrogens (primary N) is 1. The highest BCUT2D eigenvalue weighted by Gasteiger charge is 2.58. The minimum absolute atomic E-state index is 0.0910. The Morgan fingerprint density at radius 1 is 1.55 bits per heavy atom. The van der Waals surface area contributed by atoms with Crippen LogP contribution in [0.15, 0.2) is 17.1 Å². The normalized spacial score (nSPS) is 28.3. The van der Waals surface area contributed by atoms with Crippen molar-refractivity contribution in [3.63, 3.8) is 0 Å². The number of carbonyl (C=O) groups excluding carboxylic acids is 1. The molecule has 1 aliphatic rings. The molecule has 164 valence electrons. The van der Waals surface area contributed by atoms with E-state index >= 15 is 4.39 Å². The first-order valence-electron chi connectivity index (χ1n) is 8.86. The van der Waals surface area contributed by atoms with Crippen molar-refractivity contribution in [3.05, 3.63) is 22.7 Å². The molecule has 0 amide bonds. The fourth-order valence-corrected chi connectivity index (χ4v) is 3.26. The van der Waals surface area contributed by atoms with E-state index in [9.17, 15) is 19.1 Å². The van der Waals surface area contributed by atoms with Crippen molar-refractivity contribution in [3.8, 4) is 0 Å². The molecule has 0 aliphatic carbocycles. The third kappa shape index (κ3) is 5.46. The average Bonchev–Trinajstić information content (AvgIpc) is 2.90. The molecule has 6 unspecified atom stereocenters. The van der Waals surface area contributed by atoms with E-state index in [2.05, 4.69) is 10.1 Å². The van der Waals surface area contributed by atoms with Crippen molar-refractivity contribution in [2.75, 3.05) is 19.0 Å². The molecule has 10 nitrogen and oxygen atoms in total. The zero-order valence-corrected chi connectivity index (χ0v) is 17.2. The monoisotopic (exact) mass is 438 g/mol. The van der Waals surface area contributed by atoms with Crippen LogP contribution in [0.3, 0.4) is 0 Å². The summed E-state index contributed by atoms with van der Waals surface area (Å²) in [5.74, 6) is -0.560. The van der Waals surface area contributed by atoms with Gasteiger partial charge in [-0.25, -0.2) is 13.6 Å². The summed E-state index contributed by atoms with van der Waals surface area (Å²) in [6.45, 7) is 3.11. The van der Waals surface area contributed by atoms with Gasteiger partial charge in [-0.3, -0.25) is 14.4 Å². The molecule has 29 heavy (non-hydrogen) atoms. The molecule has 1 fully saturated rings. The van der Waals surface area contributed by atoms with Gasteiger partial charge in [-0.15, -0.1) is 0 Å². The van der Waals surface area contributed by atoms with Crippen molar-refractivity contribution >= 4 is 20.7 Å². The summed E-state index contributed by atoms with van der Waals surface area (Å²) in [7, 11) is -0.400. The Hall–Kier alpha value is -1.72. The predicted octanol–water partition coefficient (Wildman–Crippen LogP) is 0.216. The number of alkyl halides is 2. The van der Waals surface area contributed by atoms with Gasteiger partial charge in [0.05, 0.1) is 21.7 Å². The molecule has 0 radical (unpaired) electrons. The van der Waals surface area contributed by atoms with Crippen LogP contribution in [0.1, 0.15) is 27.0 Å². The number of aromatic nitrogens is 2. The zero-order valence-electron chi connectivity index (χ0n) is 16.2. The number of ether oxygens (including phenoxy) is 2. The highest BCUT2D eigenvalue weighted by atomic mass is 31.1. The van der Waals surface area contributed by atoms with Gasteiger partial charge in [-0.05, 0) is 26.8 Å². The number of aliphatic hydroxyl groups excluding tert-OH is 1. The van der Waals surface area contributed by atoms with Gasteiger partial charge in [-0.1, -0.05) is 0 Å². The van der Waals surface area contributed by atoms with Crippen LogP contribution in [0, 0.1) is 0 Å². The largest absolute Gasteiger partial charge is 0.462 e. The van der Waals surface area contributed by atoms with E-state index in [0.717, 1.165) is 10.8 Å². The molecular formula is C16H25F2N4O6P. The van der Waals surface area contributed by atoms with Crippen molar-refractivity contribution in [2.45, 2.75) is 57.0 Å². The van der Waals surface area contributed by atoms with Gasteiger partial charge in [0.15, 0.2) is 6.23 Å². The number of hydrogen-bond acceptors (Lipinski definition) is 9. The van der Waals surface area contributed by atoms with Crippen molar-refractivity contribution < 1.29 is 32.7 Å². The van der Waals surface area contributed by atoms with E-state index in [0.29, 0.717) is 0 Å². The minimum atomic E-state index is -2.87. The molecule has 1 aromatic heterocycles. The van der Waals surface area contributed by atoms with E-state index in [1.807, 2.05) is 0 Å². The lowest BCUT2D eigenvalue weighted by Gasteiger charge is -2.26. The van der Waals surface area contributed by atoms with Crippen LogP contribution < -0.4 is 16.5 Å². The Morgan fingerprint density at radius 3 is 2.83 bits per heavy atom. The molecule has 13 heteroatoms. The van der Waals surface area contributed by atoms with Gasteiger partial charge < -0.3 is 24.8 Å². The number of carbonyl (C=O) groups is 1. The number of rotatable bonds is 9. The van der Waals surface area contributed by atoms with Crippen LogP contribution in [0.5, 0.6) is 0 Å². The fourth-order valence-electron chi connectivity index (χ4n) is 2.63. The SMILES string of the molecule is CC(C)OC(=O)C(C)NPOCC1OC(n2ccc(N)nc2=O)C(F)(CF)C1O. The highest BCUT2D eigenvalue weighted by Crippen LogP contribution is 2.41. The lowest BCUT2D eigenvalue weighted by Crippen LogP contribution is -2.47. The van der Waals surface area contributed by atoms with Crippen molar-refractivity contribution in [1.82, 2.24) is 14.6 Å². The number of nitrogens with one attached hydrogen (secondary N) is 1. The van der Waals surface area contributed by atoms with Gasteiger partial charge >= 0.3 is 11.7 Å². The molecule has 0 bridgehead atoms. The Kier molecular flexibility index (Phi) is 8.01. The predicted molar refractivity (Wildman–Crippen MR) is 101 cm³/mol. The Bertz CT molecular complexity index is 769. The summed E-state index contributed by atoms with van der Waals surface area (Å²) in [6.07, 6.45) is -4.04. The third-order valence-corrected chi connectivity index (χ3v) is 5.03. The fraction of sp³-hybridized carbons (Fsp3) is 0.688. The van der Waals surface area contributed by atoms with E-state index < -0.39 is 57.4 Å². The first-order chi connectivity index (χ1) is 13.6. The number of nitrogen functional groups attached to an aromatic ring is 1. The number of hydrogen-bond donors (Lipinski definition) is 3. The van der Waals surface area contributed by atoms with Gasteiger partial charge in [-0.2, -0.15) is 4.98 Å². The maximum absolute atomic E-state index is 15.1. The maximum atomic E-state index is 15.1. The Balaban J connectivity index is 1.97. The molecule has 0 spiro atoms. The molecule has 1 aromatic rings. The van der Waals surface area contributed by atoms with Gasteiger partial charge in [0, 0.05) is 6.20 Å². The second-order valence-corrected chi connectivity index (χ2v) is 7.62. The molecule has 6 atom stereocenters. The van der Waals surface area contributed by atoms with Crippen LogP contribution >= 0.6 is 8.96 Å². The summed E-state index contributed by atoms with van der Waals surface area (Å²) in [4.78, 5) is 27.1. The summed E-state index contributed by atoms with van der Waals surface area (Å²) in [5.41, 5.74) is 1.57. The molecule has 2 rings (SSSR count). The second-order valence-electron chi connectivity index (χ2n) is 6.84. The second kappa shape index (κ2) is 9.86. The van der Waals surface area contributed by atoms with Crippen LogP contribution in [-0.4, -0.2) is 63.9 Å². The molecule has 2 heterocycles. The number of halogens is 2. The van der Waals surface area contributed by atoms with Crippen molar-refractivity contribution in [2.24, 2.45) is 0 Å². The average molecular weight is 438 g/mol. The Labute approximate surface area is 167 Å². The molecule has 1 aliphatic heterocycles. The van der Waals surface area contributed by atoms with E-state index in [1.54, 1.807) is 20.8 Å². The number of nitrogens with zero attached hydrogens (tertiary/aromatic N) is 2. The smallest absolute Gasteiger partial charge is 0.351 e. The van der Waals surface area contributed by atoms with Crippen LogP contribution in [0.4, 0.5) is 14.6 Å². The van der Waals surface area contributed by atoms with E-state index in [4.69, 9.17) is 19.7 Å². The molecule has 4 N–H and O–H groups in total. The van der Waals surface area contributed by atoms with Gasteiger partial charge in [0.1, 0.15) is 30.7 Å². The highest BCUT2D eigenvalue weighted by molar-refractivity contribution is 7.29. The number of esters is 1. The van der Waals surface area contributed by atoms with Gasteiger partial charge in [0.2, 0.25) is 5.67 Å². The minimum Gasteiger partial charge on any atom is -0.462 e. The number of anilines is 1. The van der Waals surface area contributed by atoms with E-state index in [-0.39, 0.29) is 18.5 Å². The van der Waals surface area contributed by atoms with Crippen molar-refractivity contribution in [1.29, 1.82) is 0 Å². The summed E-state index contributed by atoms with van der Waals surface area (Å²) < 4.78 is 45.0. The lowest BCUT2D eigenvalue weighted by molar-refractivity contribution is -0.148. The molecular weight excluding hydrogens is 413 g/mol. The third-order valence-electron chi connectivity index (χ3n) is 4.17. The summed E-state index contributed by atoms with van der Waals surface area (Å²) in [6, 6.07) is 0.575. The topological polar surface area (TPSA) is 138 Å². The zero-order chi connectivity index (χ0) is 21.8. The van der Waals surface area contributed by atoms with Crippen LogP contribution in [-0.2, 0) is 18.8 Å². The number of aliphatic hydroxyl groups is 1. The van der Waals surface area contributed by atoms with Crippen LogP contribution in [0.25, 0.3) is 0 Å². The van der Waals surface area contributed by atoms with E-state index in [1.165, 1.54) is 6.07 Å². The molecule has 0 aromatic carbocycles.